The monoisotopic (exact) mass is 210 g/mol. The molecule has 1 rings (SSSR count). The molecule has 15 heavy (non-hydrogen) atoms. The van der Waals surface area contributed by atoms with Gasteiger partial charge in [0.05, 0.1) is 20.8 Å². The molecule has 0 radical (unpaired) electrons. The fourth-order valence-electron chi connectivity index (χ4n) is 1.65. The predicted octanol–water partition coefficient (Wildman–Crippen LogP) is 2.15. The van der Waals surface area contributed by atoms with E-state index in [1.165, 1.54) is 0 Å². The third kappa shape index (κ3) is 2.63. The van der Waals surface area contributed by atoms with Crippen LogP contribution in [-0.2, 0) is 13.0 Å². The number of ether oxygens (including phenoxy) is 2. The Hall–Kier alpha value is -1.22. The standard InChI is InChI=1S/C12H18O3/c1-4-5-10-6-9(8-13)7-11(14-2)12(10)15-3/h6-7,13H,4-5,8H2,1-3H3. The fourth-order valence-corrected chi connectivity index (χ4v) is 1.65. The lowest BCUT2D eigenvalue weighted by atomic mass is 10.0. The van der Waals surface area contributed by atoms with Gasteiger partial charge in [-0.2, -0.15) is 0 Å². The van der Waals surface area contributed by atoms with Gasteiger partial charge < -0.3 is 14.6 Å². The topological polar surface area (TPSA) is 38.7 Å². The highest BCUT2D eigenvalue weighted by Gasteiger charge is 2.11. The second-order valence-corrected chi connectivity index (χ2v) is 3.40. The molecule has 1 N–H and O–H groups in total. The highest BCUT2D eigenvalue weighted by atomic mass is 16.5. The van der Waals surface area contributed by atoms with Crippen LogP contribution in [0.1, 0.15) is 24.5 Å². The molecular weight excluding hydrogens is 192 g/mol. The molecule has 0 fully saturated rings. The maximum absolute atomic E-state index is 9.12. The molecule has 0 aliphatic rings. The van der Waals surface area contributed by atoms with Crippen LogP contribution in [0.2, 0.25) is 0 Å². The molecule has 3 heteroatoms. The van der Waals surface area contributed by atoms with Crippen molar-refractivity contribution in [1.29, 1.82) is 0 Å². The van der Waals surface area contributed by atoms with Crippen LogP contribution in [0.25, 0.3) is 0 Å². The molecule has 84 valence electrons. The van der Waals surface area contributed by atoms with Gasteiger partial charge in [-0.1, -0.05) is 13.3 Å². The van der Waals surface area contributed by atoms with E-state index in [9.17, 15) is 0 Å². The zero-order valence-corrected chi connectivity index (χ0v) is 9.54. The molecule has 0 bridgehead atoms. The predicted molar refractivity (Wildman–Crippen MR) is 59.5 cm³/mol. The normalized spacial score (nSPS) is 10.1. The minimum Gasteiger partial charge on any atom is -0.493 e. The van der Waals surface area contributed by atoms with Gasteiger partial charge in [0.25, 0.3) is 0 Å². The van der Waals surface area contributed by atoms with E-state index >= 15 is 0 Å². The van der Waals surface area contributed by atoms with Crippen molar-refractivity contribution < 1.29 is 14.6 Å². The molecule has 3 nitrogen and oxygen atoms in total. The molecular formula is C12H18O3. The van der Waals surface area contributed by atoms with Crippen LogP contribution in [0.3, 0.4) is 0 Å². The van der Waals surface area contributed by atoms with Crippen molar-refractivity contribution in [3.8, 4) is 11.5 Å². The first-order valence-electron chi connectivity index (χ1n) is 5.11. The van der Waals surface area contributed by atoms with Gasteiger partial charge in [-0.05, 0) is 29.7 Å². The van der Waals surface area contributed by atoms with Crippen LogP contribution < -0.4 is 9.47 Å². The van der Waals surface area contributed by atoms with E-state index in [4.69, 9.17) is 14.6 Å². The lowest BCUT2D eigenvalue weighted by Gasteiger charge is -2.13. The van der Waals surface area contributed by atoms with Gasteiger partial charge in [0, 0.05) is 0 Å². The molecule has 0 saturated carbocycles. The zero-order valence-electron chi connectivity index (χ0n) is 9.54. The quantitative estimate of drug-likeness (QED) is 0.809. The minimum atomic E-state index is 0.0249. The maximum Gasteiger partial charge on any atom is 0.163 e. The third-order valence-electron chi connectivity index (χ3n) is 2.32. The molecule has 0 spiro atoms. The van der Waals surface area contributed by atoms with Gasteiger partial charge in [0.2, 0.25) is 0 Å². The summed E-state index contributed by atoms with van der Waals surface area (Å²) in [6.07, 6.45) is 1.96. The zero-order chi connectivity index (χ0) is 11.3. The Morgan fingerprint density at radius 1 is 1.20 bits per heavy atom. The number of aliphatic hydroxyl groups excluding tert-OH is 1. The number of aliphatic hydroxyl groups is 1. The molecule has 1 aromatic rings. The lowest BCUT2D eigenvalue weighted by Crippen LogP contribution is -1.98. The Morgan fingerprint density at radius 2 is 1.93 bits per heavy atom. The molecule has 0 saturated heterocycles. The summed E-state index contributed by atoms with van der Waals surface area (Å²) in [7, 11) is 3.24. The van der Waals surface area contributed by atoms with E-state index in [0.29, 0.717) is 5.75 Å². The van der Waals surface area contributed by atoms with Crippen molar-refractivity contribution in [3.63, 3.8) is 0 Å². The summed E-state index contributed by atoms with van der Waals surface area (Å²) >= 11 is 0. The Balaban J connectivity index is 3.19. The summed E-state index contributed by atoms with van der Waals surface area (Å²) in [5.74, 6) is 1.46. The minimum absolute atomic E-state index is 0.0249. The van der Waals surface area contributed by atoms with Gasteiger partial charge in [0.15, 0.2) is 11.5 Å². The molecule has 0 aliphatic carbocycles. The van der Waals surface area contributed by atoms with Crippen LogP contribution in [0.5, 0.6) is 11.5 Å². The highest BCUT2D eigenvalue weighted by molar-refractivity contribution is 5.49. The first kappa shape index (κ1) is 11.9. The Kier molecular flexibility index (Phi) is 4.43. The van der Waals surface area contributed by atoms with E-state index in [2.05, 4.69) is 6.92 Å². The highest BCUT2D eigenvalue weighted by Crippen LogP contribution is 2.33. The van der Waals surface area contributed by atoms with Crippen LogP contribution >= 0.6 is 0 Å². The van der Waals surface area contributed by atoms with Crippen LogP contribution in [0, 0.1) is 0 Å². The third-order valence-corrected chi connectivity index (χ3v) is 2.32. The second kappa shape index (κ2) is 5.61. The van der Waals surface area contributed by atoms with Gasteiger partial charge in [-0.3, -0.25) is 0 Å². The van der Waals surface area contributed by atoms with Crippen molar-refractivity contribution in [2.45, 2.75) is 26.4 Å². The molecule has 0 heterocycles. The van der Waals surface area contributed by atoms with Gasteiger partial charge in [0.1, 0.15) is 0 Å². The Morgan fingerprint density at radius 3 is 2.40 bits per heavy atom. The lowest BCUT2D eigenvalue weighted by molar-refractivity contribution is 0.280. The summed E-state index contributed by atoms with van der Waals surface area (Å²) in [5.41, 5.74) is 1.94. The molecule has 0 atom stereocenters. The average Bonchev–Trinajstić information content (AvgIpc) is 2.28. The average molecular weight is 210 g/mol. The van der Waals surface area contributed by atoms with Crippen molar-refractivity contribution in [2.24, 2.45) is 0 Å². The van der Waals surface area contributed by atoms with Crippen molar-refractivity contribution in [1.82, 2.24) is 0 Å². The largest absolute Gasteiger partial charge is 0.493 e. The number of hydrogen-bond acceptors (Lipinski definition) is 3. The Bertz CT molecular complexity index is 321. The summed E-state index contributed by atoms with van der Waals surface area (Å²) < 4.78 is 10.5. The molecule has 0 aromatic heterocycles. The smallest absolute Gasteiger partial charge is 0.163 e. The molecule has 0 amide bonds. The van der Waals surface area contributed by atoms with E-state index in [1.54, 1.807) is 20.3 Å². The van der Waals surface area contributed by atoms with Crippen LogP contribution in [0.4, 0.5) is 0 Å². The summed E-state index contributed by atoms with van der Waals surface area (Å²) in [5, 5.41) is 9.12. The Labute approximate surface area is 90.6 Å². The number of methoxy groups -OCH3 is 2. The maximum atomic E-state index is 9.12. The first-order valence-corrected chi connectivity index (χ1v) is 5.11. The SMILES string of the molecule is CCCc1cc(CO)cc(OC)c1OC. The summed E-state index contributed by atoms with van der Waals surface area (Å²) in [4.78, 5) is 0. The van der Waals surface area contributed by atoms with Crippen molar-refractivity contribution in [3.05, 3.63) is 23.3 Å². The number of benzene rings is 1. The fraction of sp³-hybridized carbons (Fsp3) is 0.500. The van der Waals surface area contributed by atoms with Gasteiger partial charge >= 0.3 is 0 Å². The van der Waals surface area contributed by atoms with Crippen LogP contribution in [0.15, 0.2) is 12.1 Å². The van der Waals surface area contributed by atoms with E-state index < -0.39 is 0 Å². The van der Waals surface area contributed by atoms with Crippen LogP contribution in [-0.4, -0.2) is 19.3 Å². The molecule has 0 aliphatic heterocycles. The molecule has 0 unspecified atom stereocenters. The number of hydrogen-bond donors (Lipinski definition) is 1. The van der Waals surface area contributed by atoms with E-state index in [0.717, 1.165) is 29.7 Å². The summed E-state index contributed by atoms with van der Waals surface area (Å²) in [6, 6.07) is 3.77. The number of rotatable bonds is 5. The first-order chi connectivity index (χ1) is 7.26. The van der Waals surface area contributed by atoms with Crippen molar-refractivity contribution in [2.75, 3.05) is 14.2 Å². The van der Waals surface area contributed by atoms with Gasteiger partial charge in [-0.25, -0.2) is 0 Å². The summed E-state index contributed by atoms with van der Waals surface area (Å²) in [6.45, 7) is 2.13. The van der Waals surface area contributed by atoms with E-state index in [1.807, 2.05) is 6.07 Å². The van der Waals surface area contributed by atoms with E-state index in [-0.39, 0.29) is 6.61 Å². The van der Waals surface area contributed by atoms with Gasteiger partial charge in [-0.15, -0.1) is 0 Å². The van der Waals surface area contributed by atoms with Crippen molar-refractivity contribution >= 4 is 0 Å². The molecule has 1 aromatic carbocycles. The second-order valence-electron chi connectivity index (χ2n) is 3.40. The number of aryl methyl sites for hydroxylation is 1.